The number of nitrogens with one attached hydrogen (secondary N) is 1. The summed E-state index contributed by atoms with van der Waals surface area (Å²) in [4.78, 5) is 30.8. The van der Waals surface area contributed by atoms with Crippen molar-refractivity contribution in [2.75, 3.05) is 0 Å². The Labute approximate surface area is 155 Å². The van der Waals surface area contributed by atoms with Gasteiger partial charge >= 0.3 is 0 Å². The Balaban J connectivity index is 1.90. The summed E-state index contributed by atoms with van der Waals surface area (Å²) in [5.74, 6) is 0.0992. The van der Waals surface area contributed by atoms with Gasteiger partial charge in [0.15, 0.2) is 0 Å². The van der Waals surface area contributed by atoms with E-state index < -0.39 is 6.04 Å². The van der Waals surface area contributed by atoms with Gasteiger partial charge in [-0.1, -0.05) is 38.1 Å². The van der Waals surface area contributed by atoms with Crippen molar-refractivity contribution in [2.24, 2.45) is 5.92 Å². The number of benzene rings is 2. The van der Waals surface area contributed by atoms with Crippen LogP contribution in [0.3, 0.4) is 0 Å². The molecule has 4 rings (SSSR count). The second kappa shape index (κ2) is 6.61. The predicted octanol–water partition coefficient (Wildman–Crippen LogP) is 3.15. The van der Waals surface area contributed by atoms with Gasteiger partial charge < -0.3 is 5.32 Å². The predicted molar refractivity (Wildman–Crippen MR) is 101 cm³/mol. The molecule has 2 aromatic carbocycles. The van der Waals surface area contributed by atoms with Crippen LogP contribution < -0.4 is 10.9 Å². The van der Waals surface area contributed by atoms with Gasteiger partial charge in [-0.3, -0.25) is 14.2 Å². The van der Waals surface area contributed by atoms with Gasteiger partial charge in [0.2, 0.25) is 5.91 Å². The van der Waals surface area contributed by atoms with Crippen LogP contribution in [0.25, 0.3) is 10.9 Å². The molecule has 1 amide bonds. The number of rotatable bonds is 3. The molecule has 1 aliphatic heterocycles. The molecule has 0 bridgehead atoms. The van der Waals surface area contributed by atoms with E-state index in [2.05, 4.69) is 5.32 Å². The fourth-order valence-electron chi connectivity index (χ4n) is 3.61. The lowest BCUT2D eigenvalue weighted by molar-refractivity contribution is -0.127. The van der Waals surface area contributed by atoms with Crippen LogP contribution in [0, 0.1) is 11.7 Å². The van der Waals surface area contributed by atoms with Crippen LogP contribution in [-0.2, 0) is 11.2 Å². The normalized spacial score (nSPS) is 19.2. The van der Waals surface area contributed by atoms with Crippen molar-refractivity contribution in [1.82, 2.24) is 14.9 Å². The van der Waals surface area contributed by atoms with Crippen LogP contribution in [0.5, 0.6) is 0 Å². The first-order chi connectivity index (χ1) is 13.0. The number of nitrogens with zero attached hydrogens (tertiary/aromatic N) is 2. The molecule has 0 fully saturated rings. The Bertz CT molecular complexity index is 1070. The lowest BCUT2D eigenvalue weighted by Crippen LogP contribution is -2.49. The third kappa shape index (κ3) is 3.01. The lowest BCUT2D eigenvalue weighted by atomic mass is 9.96. The van der Waals surface area contributed by atoms with Gasteiger partial charge in [0.25, 0.3) is 5.56 Å². The van der Waals surface area contributed by atoms with Crippen LogP contribution in [0.4, 0.5) is 4.39 Å². The standard InChI is InChI=1S/C21H20FN3O2/c1-12(2)18-19-23-16-6-4-3-5-15(16)21(27)25(19)17(20(26)24-18)11-13-7-9-14(22)10-8-13/h3-10,12,17-18H,11H2,1-2H3,(H,24,26)/t17-,18+/m1/s1. The topological polar surface area (TPSA) is 64.0 Å². The number of para-hydroxylation sites is 1. The molecular formula is C21H20FN3O2. The lowest BCUT2D eigenvalue weighted by Gasteiger charge is -2.34. The van der Waals surface area contributed by atoms with Crippen molar-refractivity contribution in [2.45, 2.75) is 32.4 Å². The number of hydrogen-bond acceptors (Lipinski definition) is 3. The third-order valence-electron chi connectivity index (χ3n) is 5.03. The Hall–Kier alpha value is -3.02. The molecule has 27 heavy (non-hydrogen) atoms. The van der Waals surface area contributed by atoms with Crippen molar-refractivity contribution in [3.8, 4) is 0 Å². The summed E-state index contributed by atoms with van der Waals surface area (Å²) in [7, 11) is 0. The minimum Gasteiger partial charge on any atom is -0.344 e. The molecule has 1 aromatic heterocycles. The highest BCUT2D eigenvalue weighted by Crippen LogP contribution is 2.29. The Morgan fingerprint density at radius 3 is 2.52 bits per heavy atom. The van der Waals surface area contributed by atoms with Crippen LogP contribution in [0.15, 0.2) is 53.3 Å². The highest BCUT2D eigenvalue weighted by molar-refractivity contribution is 5.84. The summed E-state index contributed by atoms with van der Waals surface area (Å²) in [6.07, 6.45) is 0.295. The molecule has 0 aliphatic carbocycles. The van der Waals surface area contributed by atoms with Gasteiger partial charge in [0.1, 0.15) is 17.7 Å². The van der Waals surface area contributed by atoms with E-state index in [4.69, 9.17) is 4.98 Å². The van der Waals surface area contributed by atoms with Gasteiger partial charge in [-0.15, -0.1) is 0 Å². The molecular weight excluding hydrogens is 345 g/mol. The zero-order valence-electron chi connectivity index (χ0n) is 15.1. The Morgan fingerprint density at radius 2 is 1.81 bits per heavy atom. The molecule has 0 saturated carbocycles. The first-order valence-corrected chi connectivity index (χ1v) is 9.01. The average Bonchev–Trinajstić information content (AvgIpc) is 2.65. The van der Waals surface area contributed by atoms with Crippen molar-refractivity contribution in [3.63, 3.8) is 0 Å². The maximum absolute atomic E-state index is 13.2. The molecule has 1 N–H and O–H groups in total. The molecule has 2 heterocycles. The van der Waals surface area contributed by atoms with Crippen LogP contribution in [-0.4, -0.2) is 15.5 Å². The molecule has 6 heteroatoms. The maximum Gasteiger partial charge on any atom is 0.262 e. The summed E-state index contributed by atoms with van der Waals surface area (Å²) in [6.45, 7) is 3.97. The second-order valence-electron chi connectivity index (χ2n) is 7.24. The number of halogens is 1. The smallest absolute Gasteiger partial charge is 0.262 e. The summed E-state index contributed by atoms with van der Waals surface area (Å²) in [5.41, 5.74) is 1.19. The van der Waals surface area contributed by atoms with E-state index in [1.54, 1.807) is 30.3 Å². The molecule has 0 saturated heterocycles. The molecule has 0 unspecified atom stereocenters. The van der Waals surface area contributed by atoms with Crippen LogP contribution in [0.2, 0.25) is 0 Å². The van der Waals surface area contributed by atoms with E-state index in [-0.39, 0.29) is 29.2 Å². The fraction of sp³-hybridized carbons (Fsp3) is 0.286. The highest BCUT2D eigenvalue weighted by atomic mass is 19.1. The number of aromatic nitrogens is 2. The van der Waals surface area contributed by atoms with Crippen molar-refractivity contribution in [3.05, 3.63) is 76.1 Å². The van der Waals surface area contributed by atoms with Crippen LogP contribution in [0.1, 0.15) is 37.3 Å². The summed E-state index contributed by atoms with van der Waals surface area (Å²) >= 11 is 0. The first kappa shape index (κ1) is 17.4. The van der Waals surface area contributed by atoms with E-state index in [1.807, 2.05) is 19.9 Å². The Morgan fingerprint density at radius 1 is 1.11 bits per heavy atom. The number of hydrogen-bond donors (Lipinski definition) is 1. The van der Waals surface area contributed by atoms with Gasteiger partial charge in [-0.25, -0.2) is 9.37 Å². The first-order valence-electron chi connectivity index (χ1n) is 9.01. The van der Waals surface area contributed by atoms with Gasteiger partial charge in [-0.2, -0.15) is 0 Å². The molecule has 2 atom stereocenters. The van der Waals surface area contributed by atoms with E-state index in [9.17, 15) is 14.0 Å². The molecule has 3 aromatic rings. The van der Waals surface area contributed by atoms with Gasteiger partial charge in [-0.05, 0) is 35.7 Å². The monoisotopic (exact) mass is 365 g/mol. The van der Waals surface area contributed by atoms with Gasteiger partial charge in [0.05, 0.1) is 16.9 Å². The minimum absolute atomic E-state index is 0.0834. The molecule has 0 radical (unpaired) electrons. The van der Waals surface area contributed by atoms with Gasteiger partial charge in [0, 0.05) is 6.42 Å². The van der Waals surface area contributed by atoms with E-state index in [0.717, 1.165) is 5.56 Å². The minimum atomic E-state index is -0.718. The Kier molecular flexibility index (Phi) is 4.26. The van der Waals surface area contributed by atoms with Crippen molar-refractivity contribution < 1.29 is 9.18 Å². The summed E-state index contributed by atoms with van der Waals surface area (Å²) in [6, 6.07) is 12.1. The quantitative estimate of drug-likeness (QED) is 0.776. The van der Waals surface area contributed by atoms with E-state index >= 15 is 0 Å². The largest absolute Gasteiger partial charge is 0.344 e. The number of fused-ring (bicyclic) bond motifs is 2. The van der Waals surface area contributed by atoms with Crippen LogP contribution >= 0.6 is 0 Å². The molecule has 1 aliphatic rings. The SMILES string of the molecule is CC(C)[C@@H]1NC(=O)[C@@H](Cc2ccc(F)cc2)n2c1nc1ccccc1c2=O. The average molecular weight is 365 g/mol. The molecule has 0 spiro atoms. The van der Waals surface area contributed by atoms with Crippen molar-refractivity contribution >= 4 is 16.8 Å². The number of amides is 1. The maximum atomic E-state index is 13.2. The number of carbonyl (C=O) groups excluding carboxylic acids is 1. The summed E-state index contributed by atoms with van der Waals surface area (Å²) < 4.78 is 14.7. The fourth-order valence-corrected chi connectivity index (χ4v) is 3.61. The zero-order valence-corrected chi connectivity index (χ0v) is 15.1. The third-order valence-corrected chi connectivity index (χ3v) is 5.03. The number of carbonyl (C=O) groups is 1. The molecule has 138 valence electrons. The van der Waals surface area contributed by atoms with E-state index in [1.165, 1.54) is 16.7 Å². The van der Waals surface area contributed by atoms with E-state index in [0.29, 0.717) is 23.1 Å². The zero-order chi connectivity index (χ0) is 19.1. The van der Waals surface area contributed by atoms with Crippen molar-refractivity contribution in [1.29, 1.82) is 0 Å². The second-order valence-corrected chi connectivity index (χ2v) is 7.24. The summed E-state index contributed by atoms with van der Waals surface area (Å²) in [5, 5.41) is 3.50. The molecule has 5 nitrogen and oxygen atoms in total. The highest BCUT2D eigenvalue weighted by Gasteiger charge is 2.36.